The number of carbonyl (C=O) groups is 1. The van der Waals surface area contributed by atoms with Gasteiger partial charge in [0.25, 0.3) is 0 Å². The zero-order valence-corrected chi connectivity index (χ0v) is 11.7. The van der Waals surface area contributed by atoms with Crippen LogP contribution in [-0.2, 0) is 13.0 Å². The lowest BCUT2D eigenvalue weighted by atomic mass is 10.1. The summed E-state index contributed by atoms with van der Waals surface area (Å²) in [7, 11) is 0. The number of hydrogen-bond donors (Lipinski definition) is 2. The molecule has 0 atom stereocenters. The average molecular weight is 268 g/mol. The van der Waals surface area contributed by atoms with E-state index in [-0.39, 0.29) is 5.91 Å². The molecule has 0 aliphatic carbocycles. The van der Waals surface area contributed by atoms with E-state index >= 15 is 0 Å². The van der Waals surface area contributed by atoms with Gasteiger partial charge in [-0.15, -0.1) is 0 Å². The van der Waals surface area contributed by atoms with Gasteiger partial charge in [0.1, 0.15) is 0 Å². The van der Waals surface area contributed by atoms with Gasteiger partial charge in [0.2, 0.25) is 5.91 Å². The third kappa shape index (κ3) is 3.93. The van der Waals surface area contributed by atoms with Crippen LogP contribution in [0.4, 0.5) is 0 Å². The Bertz CT molecular complexity index is 576. The molecule has 2 aromatic rings. The Morgan fingerprint density at radius 2 is 1.80 bits per heavy atom. The van der Waals surface area contributed by atoms with Gasteiger partial charge in [-0.25, -0.2) is 0 Å². The summed E-state index contributed by atoms with van der Waals surface area (Å²) in [6, 6.07) is 15.8. The second kappa shape index (κ2) is 6.87. The lowest BCUT2D eigenvalue weighted by Gasteiger charge is -2.07. The van der Waals surface area contributed by atoms with Crippen LogP contribution >= 0.6 is 0 Å². The van der Waals surface area contributed by atoms with Gasteiger partial charge in [0.05, 0.1) is 0 Å². The molecule has 0 aliphatic heterocycles. The van der Waals surface area contributed by atoms with E-state index in [0.717, 1.165) is 25.1 Å². The number of aryl methyl sites for hydroxylation is 1. The zero-order chi connectivity index (χ0) is 14.4. The standard InChI is InChI=1S/C17H20N2O/c1-13-4-2-3-5-15(13)10-11-19-12-14-6-8-16(9-7-14)17(18)20/h2-9,19H,10-12H2,1H3,(H2,18,20). The predicted octanol–water partition coefficient (Wildman–Crippen LogP) is 2.43. The van der Waals surface area contributed by atoms with E-state index in [0.29, 0.717) is 5.56 Å². The molecule has 0 aliphatic rings. The van der Waals surface area contributed by atoms with E-state index in [1.165, 1.54) is 11.1 Å². The van der Waals surface area contributed by atoms with Gasteiger partial charge in [0, 0.05) is 12.1 Å². The monoisotopic (exact) mass is 268 g/mol. The van der Waals surface area contributed by atoms with Crippen LogP contribution in [-0.4, -0.2) is 12.5 Å². The summed E-state index contributed by atoms with van der Waals surface area (Å²) in [5.41, 5.74) is 9.62. The van der Waals surface area contributed by atoms with Crippen molar-refractivity contribution in [2.45, 2.75) is 19.9 Å². The van der Waals surface area contributed by atoms with Gasteiger partial charge in [0.15, 0.2) is 0 Å². The van der Waals surface area contributed by atoms with Crippen LogP contribution in [0, 0.1) is 6.92 Å². The van der Waals surface area contributed by atoms with Crippen LogP contribution in [0.5, 0.6) is 0 Å². The van der Waals surface area contributed by atoms with Crippen molar-refractivity contribution < 1.29 is 4.79 Å². The summed E-state index contributed by atoms with van der Waals surface area (Å²) >= 11 is 0. The van der Waals surface area contributed by atoms with Crippen molar-refractivity contribution in [1.82, 2.24) is 5.32 Å². The lowest BCUT2D eigenvalue weighted by Crippen LogP contribution is -2.17. The van der Waals surface area contributed by atoms with Gasteiger partial charge in [-0.05, 0) is 48.7 Å². The highest BCUT2D eigenvalue weighted by molar-refractivity contribution is 5.92. The predicted molar refractivity (Wildman–Crippen MR) is 81.5 cm³/mol. The minimum atomic E-state index is -0.385. The van der Waals surface area contributed by atoms with Crippen molar-refractivity contribution in [2.75, 3.05) is 6.54 Å². The molecule has 0 radical (unpaired) electrons. The van der Waals surface area contributed by atoms with Crippen molar-refractivity contribution >= 4 is 5.91 Å². The SMILES string of the molecule is Cc1ccccc1CCNCc1ccc(C(N)=O)cc1. The highest BCUT2D eigenvalue weighted by atomic mass is 16.1. The Balaban J connectivity index is 1.79. The average Bonchev–Trinajstić information content (AvgIpc) is 2.46. The summed E-state index contributed by atoms with van der Waals surface area (Å²) in [6.45, 7) is 3.87. The van der Waals surface area contributed by atoms with Crippen LogP contribution in [0.1, 0.15) is 27.0 Å². The van der Waals surface area contributed by atoms with Crippen LogP contribution in [0.2, 0.25) is 0 Å². The number of hydrogen-bond acceptors (Lipinski definition) is 2. The molecule has 2 aromatic carbocycles. The lowest BCUT2D eigenvalue weighted by molar-refractivity contribution is 0.100. The fourth-order valence-electron chi connectivity index (χ4n) is 2.13. The van der Waals surface area contributed by atoms with E-state index in [9.17, 15) is 4.79 Å². The summed E-state index contributed by atoms with van der Waals surface area (Å²) in [5, 5.41) is 3.41. The molecule has 104 valence electrons. The number of nitrogens with two attached hydrogens (primary N) is 1. The normalized spacial score (nSPS) is 10.4. The summed E-state index contributed by atoms with van der Waals surface area (Å²) in [6.07, 6.45) is 1.02. The second-order valence-electron chi connectivity index (χ2n) is 4.91. The second-order valence-corrected chi connectivity index (χ2v) is 4.91. The van der Waals surface area contributed by atoms with E-state index in [2.05, 4.69) is 36.5 Å². The third-order valence-corrected chi connectivity index (χ3v) is 3.40. The fourth-order valence-corrected chi connectivity index (χ4v) is 2.13. The number of rotatable bonds is 6. The van der Waals surface area contributed by atoms with Crippen molar-refractivity contribution in [3.05, 3.63) is 70.8 Å². The van der Waals surface area contributed by atoms with Gasteiger partial charge in [-0.1, -0.05) is 36.4 Å². The maximum atomic E-state index is 11.0. The molecule has 0 spiro atoms. The van der Waals surface area contributed by atoms with Crippen LogP contribution < -0.4 is 11.1 Å². The Kier molecular flexibility index (Phi) is 4.91. The first-order valence-corrected chi connectivity index (χ1v) is 6.81. The van der Waals surface area contributed by atoms with Crippen molar-refractivity contribution in [3.63, 3.8) is 0 Å². The molecular formula is C17H20N2O. The van der Waals surface area contributed by atoms with Crippen molar-refractivity contribution in [2.24, 2.45) is 5.73 Å². The maximum Gasteiger partial charge on any atom is 0.248 e. The smallest absolute Gasteiger partial charge is 0.248 e. The maximum absolute atomic E-state index is 11.0. The molecule has 1 amide bonds. The molecule has 3 heteroatoms. The van der Waals surface area contributed by atoms with Crippen molar-refractivity contribution in [1.29, 1.82) is 0 Å². The van der Waals surface area contributed by atoms with Crippen LogP contribution in [0.15, 0.2) is 48.5 Å². The fraction of sp³-hybridized carbons (Fsp3) is 0.235. The van der Waals surface area contributed by atoms with Gasteiger partial charge in [-0.3, -0.25) is 4.79 Å². The van der Waals surface area contributed by atoms with E-state index in [4.69, 9.17) is 5.73 Å². The first kappa shape index (κ1) is 14.3. The van der Waals surface area contributed by atoms with E-state index < -0.39 is 0 Å². The Labute approximate surface area is 119 Å². The zero-order valence-electron chi connectivity index (χ0n) is 11.7. The van der Waals surface area contributed by atoms with Gasteiger partial charge < -0.3 is 11.1 Å². The molecule has 20 heavy (non-hydrogen) atoms. The number of amides is 1. The third-order valence-electron chi connectivity index (χ3n) is 3.40. The number of primary amides is 1. The Morgan fingerprint density at radius 1 is 1.10 bits per heavy atom. The molecule has 0 unspecified atom stereocenters. The first-order valence-electron chi connectivity index (χ1n) is 6.81. The minimum Gasteiger partial charge on any atom is -0.366 e. The van der Waals surface area contributed by atoms with Crippen molar-refractivity contribution in [3.8, 4) is 0 Å². The number of carbonyl (C=O) groups excluding carboxylic acids is 1. The van der Waals surface area contributed by atoms with Gasteiger partial charge in [-0.2, -0.15) is 0 Å². The summed E-state index contributed by atoms with van der Waals surface area (Å²) < 4.78 is 0. The molecule has 3 N–H and O–H groups in total. The molecule has 0 saturated heterocycles. The Morgan fingerprint density at radius 3 is 2.45 bits per heavy atom. The Hall–Kier alpha value is -2.13. The molecule has 0 aromatic heterocycles. The highest BCUT2D eigenvalue weighted by Crippen LogP contribution is 2.07. The highest BCUT2D eigenvalue weighted by Gasteiger charge is 2.00. The molecular weight excluding hydrogens is 248 g/mol. The largest absolute Gasteiger partial charge is 0.366 e. The first-order chi connectivity index (χ1) is 9.66. The van der Waals surface area contributed by atoms with Gasteiger partial charge >= 0.3 is 0 Å². The topological polar surface area (TPSA) is 55.1 Å². The number of nitrogens with one attached hydrogen (secondary N) is 1. The quantitative estimate of drug-likeness (QED) is 0.791. The molecule has 3 nitrogen and oxygen atoms in total. The minimum absolute atomic E-state index is 0.385. The van der Waals surface area contributed by atoms with E-state index in [1.807, 2.05) is 12.1 Å². The molecule has 0 bridgehead atoms. The van der Waals surface area contributed by atoms with Crippen LogP contribution in [0.25, 0.3) is 0 Å². The number of benzene rings is 2. The summed E-state index contributed by atoms with van der Waals surface area (Å²) in [5.74, 6) is -0.385. The molecule has 0 heterocycles. The molecule has 0 fully saturated rings. The molecule has 2 rings (SSSR count). The van der Waals surface area contributed by atoms with E-state index in [1.54, 1.807) is 12.1 Å². The van der Waals surface area contributed by atoms with Crippen LogP contribution in [0.3, 0.4) is 0 Å². The summed E-state index contributed by atoms with van der Waals surface area (Å²) in [4.78, 5) is 11.0. The molecule has 0 saturated carbocycles.